The average Bonchev–Trinajstić information content (AvgIpc) is 3.00. The van der Waals surface area contributed by atoms with Crippen molar-refractivity contribution in [1.29, 1.82) is 0 Å². The Bertz CT molecular complexity index is 1480. The van der Waals surface area contributed by atoms with Crippen LogP contribution in [0.2, 0.25) is 0 Å². The van der Waals surface area contributed by atoms with Crippen molar-refractivity contribution < 1.29 is 38.6 Å². The molecule has 0 spiro atoms. The molecule has 12 heteroatoms. The van der Waals surface area contributed by atoms with Gasteiger partial charge in [-0.3, -0.25) is 28.8 Å². The Hall–Kier alpha value is -3.38. The SMILES string of the molecule is CC(C)C[C@H](CC(=O)Cc1ccc(Br)cc1)C(=O)N(C)CC(=O)O.CC(C)C[C@H](CC(=O)Cc1ccc(Br)cc1)C(=O)N(C)CC(=O)OC(C)(C)C. The van der Waals surface area contributed by atoms with Gasteiger partial charge in [0.2, 0.25) is 11.8 Å². The first-order chi connectivity index (χ1) is 24.1. The molecule has 2 aromatic rings. The van der Waals surface area contributed by atoms with E-state index in [1.807, 2.05) is 76.2 Å². The minimum absolute atomic E-state index is 0.0138. The summed E-state index contributed by atoms with van der Waals surface area (Å²) in [5.74, 6) is -2.37. The van der Waals surface area contributed by atoms with Crippen molar-refractivity contribution in [3.05, 3.63) is 68.6 Å². The average molecular weight is 853 g/mol. The molecule has 0 fully saturated rings. The van der Waals surface area contributed by atoms with Crippen LogP contribution in [-0.2, 0) is 46.3 Å². The molecule has 2 rings (SSSR count). The number of carboxylic acid groups (broad SMARTS) is 1. The zero-order valence-electron chi connectivity index (χ0n) is 32.0. The van der Waals surface area contributed by atoms with Crippen molar-refractivity contribution >= 4 is 67.2 Å². The summed E-state index contributed by atoms with van der Waals surface area (Å²) in [5.41, 5.74) is 1.22. The number of benzene rings is 2. The van der Waals surface area contributed by atoms with E-state index in [0.717, 1.165) is 20.1 Å². The number of esters is 1. The number of rotatable bonds is 18. The van der Waals surface area contributed by atoms with Crippen molar-refractivity contribution in [3.8, 4) is 0 Å². The third kappa shape index (κ3) is 20.0. The lowest BCUT2D eigenvalue weighted by molar-refractivity contribution is -0.159. The van der Waals surface area contributed by atoms with Crippen molar-refractivity contribution in [2.75, 3.05) is 27.2 Å². The number of likely N-dealkylation sites (N-methyl/N-ethyl adjacent to an activating group) is 2. The molecule has 0 aromatic heterocycles. The highest BCUT2D eigenvalue weighted by molar-refractivity contribution is 9.10. The lowest BCUT2D eigenvalue weighted by Gasteiger charge is -2.26. The van der Waals surface area contributed by atoms with Crippen LogP contribution < -0.4 is 0 Å². The van der Waals surface area contributed by atoms with Gasteiger partial charge in [-0.15, -0.1) is 0 Å². The van der Waals surface area contributed by atoms with E-state index in [4.69, 9.17) is 9.84 Å². The fourth-order valence-corrected chi connectivity index (χ4v) is 6.11. The number of hydrogen-bond donors (Lipinski definition) is 1. The highest BCUT2D eigenvalue weighted by Crippen LogP contribution is 2.22. The van der Waals surface area contributed by atoms with Crippen molar-refractivity contribution in [3.63, 3.8) is 0 Å². The van der Waals surface area contributed by atoms with Gasteiger partial charge < -0.3 is 19.6 Å². The fraction of sp³-hybridized carbons (Fsp3) is 0.550. The number of amides is 2. The maximum atomic E-state index is 12.9. The largest absolute Gasteiger partial charge is 0.480 e. The molecule has 52 heavy (non-hydrogen) atoms. The summed E-state index contributed by atoms with van der Waals surface area (Å²) in [6.07, 6.45) is 2.05. The van der Waals surface area contributed by atoms with Crippen molar-refractivity contribution in [2.45, 2.75) is 92.6 Å². The summed E-state index contributed by atoms with van der Waals surface area (Å²) >= 11 is 6.73. The number of carbonyl (C=O) groups is 6. The third-order valence-corrected chi connectivity index (χ3v) is 8.76. The maximum absolute atomic E-state index is 12.9. The molecule has 288 valence electrons. The number of hydrogen-bond acceptors (Lipinski definition) is 7. The first-order valence-electron chi connectivity index (χ1n) is 17.5. The van der Waals surface area contributed by atoms with Gasteiger partial charge in [0.25, 0.3) is 0 Å². The summed E-state index contributed by atoms with van der Waals surface area (Å²) in [4.78, 5) is 75.6. The number of Topliss-reactive ketones (excluding diaryl/α,β-unsaturated/α-hetero) is 2. The van der Waals surface area contributed by atoms with Gasteiger partial charge in [0, 0.05) is 60.6 Å². The van der Waals surface area contributed by atoms with E-state index in [9.17, 15) is 28.8 Å². The number of aliphatic carboxylic acids is 1. The van der Waals surface area contributed by atoms with Crippen molar-refractivity contribution in [1.82, 2.24) is 9.80 Å². The van der Waals surface area contributed by atoms with Gasteiger partial charge >= 0.3 is 11.9 Å². The first kappa shape index (κ1) is 46.6. The molecule has 0 aliphatic heterocycles. The smallest absolute Gasteiger partial charge is 0.326 e. The van der Waals surface area contributed by atoms with Gasteiger partial charge in [-0.25, -0.2) is 0 Å². The van der Waals surface area contributed by atoms with Crippen molar-refractivity contribution in [2.24, 2.45) is 23.7 Å². The number of ether oxygens (including phenoxy) is 1. The molecule has 2 amide bonds. The number of ketones is 2. The van der Waals surface area contributed by atoms with Crippen LogP contribution in [0.1, 0.15) is 85.3 Å². The summed E-state index contributed by atoms with van der Waals surface area (Å²) < 4.78 is 7.19. The van der Waals surface area contributed by atoms with Crippen LogP contribution in [0.5, 0.6) is 0 Å². The fourth-order valence-electron chi connectivity index (χ4n) is 5.58. The Kier molecular flexibility index (Phi) is 20.3. The minimum Gasteiger partial charge on any atom is -0.480 e. The molecule has 0 aliphatic rings. The van der Waals surface area contributed by atoms with Gasteiger partial charge in [0.1, 0.15) is 30.3 Å². The normalized spacial score (nSPS) is 12.3. The molecule has 0 saturated carbocycles. The van der Waals surface area contributed by atoms with Crippen LogP contribution >= 0.6 is 31.9 Å². The Morgan fingerprint density at radius 1 is 0.654 bits per heavy atom. The van der Waals surface area contributed by atoms with Gasteiger partial charge in [0.05, 0.1) is 0 Å². The number of carbonyl (C=O) groups excluding carboxylic acids is 5. The van der Waals surface area contributed by atoms with Gasteiger partial charge in [-0.2, -0.15) is 0 Å². The van der Waals surface area contributed by atoms with E-state index in [0.29, 0.717) is 19.3 Å². The number of nitrogens with zero attached hydrogens (tertiary/aromatic N) is 2. The lowest BCUT2D eigenvalue weighted by atomic mass is 9.89. The summed E-state index contributed by atoms with van der Waals surface area (Å²) in [6, 6.07) is 15.1. The van der Waals surface area contributed by atoms with E-state index < -0.39 is 29.4 Å². The molecular formula is C40H56Br2N2O8. The molecule has 0 unspecified atom stereocenters. The Labute approximate surface area is 326 Å². The van der Waals surface area contributed by atoms with Crippen LogP contribution in [0.15, 0.2) is 57.5 Å². The summed E-state index contributed by atoms with van der Waals surface area (Å²) in [7, 11) is 3.04. The van der Waals surface area contributed by atoms with Crippen LogP contribution in [0.3, 0.4) is 0 Å². The molecule has 0 saturated heterocycles. The highest BCUT2D eigenvalue weighted by atomic mass is 79.9. The van der Waals surface area contributed by atoms with Gasteiger partial charge in [0.15, 0.2) is 0 Å². The van der Waals surface area contributed by atoms with E-state index in [2.05, 4.69) is 31.9 Å². The molecule has 0 heterocycles. The van der Waals surface area contributed by atoms with Gasteiger partial charge in [-0.1, -0.05) is 83.8 Å². The Balaban J connectivity index is 0.000000526. The molecule has 0 aliphatic carbocycles. The van der Waals surface area contributed by atoms with Crippen LogP contribution in [0, 0.1) is 23.7 Å². The molecule has 2 aromatic carbocycles. The first-order valence-corrected chi connectivity index (χ1v) is 19.1. The molecule has 0 bridgehead atoms. The zero-order chi connectivity index (χ0) is 39.8. The predicted octanol–water partition coefficient (Wildman–Crippen LogP) is 7.57. The monoisotopic (exact) mass is 850 g/mol. The van der Waals surface area contributed by atoms with E-state index in [1.165, 1.54) is 16.8 Å². The van der Waals surface area contributed by atoms with Crippen LogP contribution in [0.4, 0.5) is 0 Å². The van der Waals surface area contributed by atoms with Gasteiger partial charge in [-0.05, 0) is 80.8 Å². The molecule has 1 N–H and O–H groups in total. The minimum atomic E-state index is -1.06. The number of carboxylic acids is 1. The third-order valence-electron chi connectivity index (χ3n) is 7.70. The molecule has 0 radical (unpaired) electrons. The Morgan fingerprint density at radius 2 is 1.00 bits per heavy atom. The predicted molar refractivity (Wildman–Crippen MR) is 210 cm³/mol. The van der Waals surface area contributed by atoms with E-state index in [1.54, 1.807) is 27.8 Å². The van der Waals surface area contributed by atoms with Crippen LogP contribution in [0.25, 0.3) is 0 Å². The molecule has 10 nitrogen and oxygen atoms in total. The second-order valence-corrected chi connectivity index (χ2v) is 16.9. The van der Waals surface area contributed by atoms with E-state index in [-0.39, 0.29) is 67.6 Å². The highest BCUT2D eigenvalue weighted by Gasteiger charge is 2.29. The second kappa shape index (κ2) is 22.6. The van der Waals surface area contributed by atoms with Crippen LogP contribution in [-0.4, -0.2) is 83.0 Å². The number of halogens is 2. The molecule has 2 atom stereocenters. The summed E-state index contributed by atoms with van der Waals surface area (Å²) in [6.45, 7) is 12.9. The quantitative estimate of drug-likeness (QED) is 0.152. The second-order valence-electron chi connectivity index (χ2n) is 15.1. The maximum Gasteiger partial charge on any atom is 0.326 e. The Morgan fingerprint density at radius 3 is 1.31 bits per heavy atom. The lowest BCUT2D eigenvalue weighted by Crippen LogP contribution is -2.40. The van der Waals surface area contributed by atoms with E-state index >= 15 is 0 Å². The standard InChI is InChI=1S/C22H32BrNO4.C18H24BrNO4/c1-15(2)11-17(13-19(25)12-16-7-9-18(23)10-8-16)21(27)24(6)14-20(26)28-22(3,4)5;1-12(2)8-14(18(24)20(3)11-17(22)23)10-16(21)9-13-4-6-15(19)7-5-13/h7-10,15,17H,11-14H2,1-6H3;4-7,12,14H,8-11H2,1-3H3,(H,22,23)/t17-;14-/m11/s1. The molecular weight excluding hydrogens is 796 g/mol. The zero-order valence-corrected chi connectivity index (χ0v) is 35.2. The summed E-state index contributed by atoms with van der Waals surface area (Å²) in [5, 5.41) is 8.83. The topological polar surface area (TPSA) is 138 Å².